The van der Waals surface area contributed by atoms with Crippen molar-refractivity contribution in [3.63, 3.8) is 0 Å². The van der Waals surface area contributed by atoms with Crippen molar-refractivity contribution >= 4 is 35.8 Å². The van der Waals surface area contributed by atoms with Crippen LogP contribution in [-0.2, 0) is 80.0 Å². The monoisotopic (exact) mass is 571 g/mol. The van der Waals surface area contributed by atoms with E-state index in [1.165, 1.54) is 0 Å². The third-order valence-corrected chi connectivity index (χ3v) is 2.15. The SMILES string of the molecule is O=C(O)CN(CC(=O)O)CC(=O)O.O=C(O)CN(CC(=O)O)CC(=O)O.[Cu].[Cu].[Cu]. The van der Waals surface area contributed by atoms with Gasteiger partial charge in [-0.15, -0.1) is 0 Å². The molecule has 0 spiro atoms. The third kappa shape index (κ3) is 31.2. The number of carbonyl (C=O) groups is 6. The third-order valence-electron chi connectivity index (χ3n) is 2.15. The fourth-order valence-electron chi connectivity index (χ4n) is 1.48. The van der Waals surface area contributed by atoms with Gasteiger partial charge in [-0.2, -0.15) is 0 Å². The van der Waals surface area contributed by atoms with Crippen LogP contribution < -0.4 is 0 Å². The van der Waals surface area contributed by atoms with Gasteiger partial charge in [-0.3, -0.25) is 38.6 Å². The predicted molar refractivity (Wildman–Crippen MR) is 78.7 cm³/mol. The van der Waals surface area contributed by atoms with Crippen LogP contribution in [0.5, 0.6) is 0 Å². The Labute approximate surface area is 195 Å². The molecule has 0 aliphatic rings. The molecule has 0 aromatic heterocycles. The standard InChI is InChI=1S/2C6H9NO6.3Cu/c2*8-4(9)1-7(2-5(10)11)3-6(12)13;;;/h2*1-3H2,(H,8,9)(H,10,11)(H,12,13);;;. The van der Waals surface area contributed by atoms with Gasteiger partial charge in [-0.25, -0.2) is 0 Å². The minimum absolute atomic E-state index is 0. The van der Waals surface area contributed by atoms with Crippen molar-refractivity contribution in [2.75, 3.05) is 39.3 Å². The Morgan fingerprint density at radius 1 is 0.379 bits per heavy atom. The number of carboxylic acid groups (broad SMARTS) is 6. The first-order chi connectivity index (χ1) is 11.8. The molecule has 0 saturated heterocycles. The zero-order valence-electron chi connectivity index (χ0n) is 14.2. The molecule has 0 rings (SSSR count). The van der Waals surface area contributed by atoms with Crippen LogP contribution in [0.3, 0.4) is 0 Å². The smallest absolute Gasteiger partial charge is 0.317 e. The summed E-state index contributed by atoms with van der Waals surface area (Å²) in [7, 11) is 0. The first-order valence-electron chi connectivity index (χ1n) is 6.59. The van der Waals surface area contributed by atoms with Crippen LogP contribution in [-0.4, -0.2) is 116 Å². The normalized spacial score (nSPS) is 8.90. The molecule has 6 N–H and O–H groups in total. The average Bonchev–Trinajstić information content (AvgIpc) is 2.33. The van der Waals surface area contributed by atoms with Gasteiger partial charge in [0.05, 0.1) is 39.3 Å². The molecular formula is C12H18Cu3N2O12. The molecule has 14 nitrogen and oxygen atoms in total. The molecule has 0 fully saturated rings. The van der Waals surface area contributed by atoms with Crippen LogP contribution in [0.15, 0.2) is 0 Å². The summed E-state index contributed by atoms with van der Waals surface area (Å²) >= 11 is 0. The number of carboxylic acids is 6. The largest absolute Gasteiger partial charge is 0.480 e. The maximum absolute atomic E-state index is 10.1. The van der Waals surface area contributed by atoms with Crippen LogP contribution in [0.1, 0.15) is 0 Å². The summed E-state index contributed by atoms with van der Waals surface area (Å²) in [6.07, 6.45) is 0. The Morgan fingerprint density at radius 2 is 0.483 bits per heavy atom. The zero-order valence-corrected chi connectivity index (χ0v) is 17.0. The van der Waals surface area contributed by atoms with Crippen molar-refractivity contribution < 1.29 is 111 Å². The van der Waals surface area contributed by atoms with Gasteiger partial charge >= 0.3 is 35.8 Å². The van der Waals surface area contributed by atoms with Crippen molar-refractivity contribution in [2.45, 2.75) is 0 Å². The first-order valence-corrected chi connectivity index (χ1v) is 6.59. The van der Waals surface area contributed by atoms with E-state index in [1.54, 1.807) is 0 Å². The summed E-state index contributed by atoms with van der Waals surface area (Å²) in [6, 6.07) is 0. The summed E-state index contributed by atoms with van der Waals surface area (Å²) in [6.45, 7) is -3.59. The van der Waals surface area contributed by atoms with E-state index in [2.05, 4.69) is 0 Å². The molecule has 0 bridgehead atoms. The minimum atomic E-state index is -1.26. The Kier molecular flexibility index (Phi) is 27.5. The molecular weight excluding hydrogens is 555 g/mol. The van der Waals surface area contributed by atoms with Crippen LogP contribution in [0.25, 0.3) is 0 Å². The molecule has 0 aromatic rings. The minimum Gasteiger partial charge on any atom is -0.480 e. The van der Waals surface area contributed by atoms with E-state index in [1.807, 2.05) is 0 Å². The number of hydrogen-bond donors (Lipinski definition) is 6. The molecule has 0 saturated carbocycles. The maximum Gasteiger partial charge on any atom is 0.317 e. The predicted octanol–water partition coefficient (Wildman–Crippen LogP) is -2.92. The van der Waals surface area contributed by atoms with E-state index in [0.29, 0.717) is 0 Å². The maximum atomic E-state index is 10.1. The molecule has 0 amide bonds. The van der Waals surface area contributed by atoms with Gasteiger partial charge in [0.25, 0.3) is 0 Å². The number of hydrogen-bond acceptors (Lipinski definition) is 8. The molecule has 0 heterocycles. The quantitative estimate of drug-likeness (QED) is 0.129. The number of rotatable bonds is 12. The molecule has 3 radical (unpaired) electrons. The van der Waals surface area contributed by atoms with E-state index < -0.39 is 75.1 Å². The summed E-state index contributed by atoms with van der Waals surface area (Å²) in [4.78, 5) is 62.5. The fraction of sp³-hybridized carbons (Fsp3) is 0.500. The summed E-state index contributed by atoms with van der Waals surface area (Å²) in [5.74, 6) is -7.57. The van der Waals surface area contributed by atoms with E-state index in [4.69, 9.17) is 30.6 Å². The second-order valence-corrected chi connectivity index (χ2v) is 4.65. The molecule has 0 aromatic carbocycles. The van der Waals surface area contributed by atoms with Crippen LogP contribution >= 0.6 is 0 Å². The molecule has 0 aliphatic heterocycles. The van der Waals surface area contributed by atoms with Crippen molar-refractivity contribution in [2.24, 2.45) is 0 Å². The Bertz CT molecular complexity index is 436. The Hall–Kier alpha value is -1.70. The van der Waals surface area contributed by atoms with E-state index >= 15 is 0 Å². The molecule has 0 aliphatic carbocycles. The summed E-state index contributed by atoms with van der Waals surface area (Å²) < 4.78 is 0. The van der Waals surface area contributed by atoms with Crippen molar-refractivity contribution in [3.8, 4) is 0 Å². The number of nitrogens with zero attached hydrogens (tertiary/aromatic N) is 2. The van der Waals surface area contributed by atoms with Crippen LogP contribution in [0.2, 0.25) is 0 Å². The van der Waals surface area contributed by atoms with Crippen LogP contribution in [0.4, 0.5) is 0 Å². The topological polar surface area (TPSA) is 230 Å². The summed E-state index contributed by atoms with van der Waals surface area (Å²) in [5, 5.41) is 49.7. The van der Waals surface area contributed by atoms with Gasteiger partial charge in [0, 0.05) is 51.2 Å². The molecule has 17 heteroatoms. The first kappa shape index (κ1) is 38.0. The summed E-state index contributed by atoms with van der Waals surface area (Å²) in [5.41, 5.74) is 0. The van der Waals surface area contributed by atoms with Gasteiger partial charge in [-0.1, -0.05) is 0 Å². The Balaban J connectivity index is -0.000000120. The van der Waals surface area contributed by atoms with E-state index in [9.17, 15) is 28.8 Å². The van der Waals surface area contributed by atoms with E-state index in [-0.39, 0.29) is 51.2 Å². The number of aliphatic carboxylic acids is 6. The average molecular weight is 573 g/mol. The van der Waals surface area contributed by atoms with Crippen molar-refractivity contribution in [1.82, 2.24) is 9.80 Å². The van der Waals surface area contributed by atoms with Gasteiger partial charge in [0.2, 0.25) is 0 Å². The van der Waals surface area contributed by atoms with Crippen molar-refractivity contribution in [3.05, 3.63) is 0 Å². The second-order valence-electron chi connectivity index (χ2n) is 4.65. The zero-order chi connectivity index (χ0) is 20.9. The second kappa shape index (κ2) is 21.0. The molecule has 29 heavy (non-hydrogen) atoms. The van der Waals surface area contributed by atoms with Crippen molar-refractivity contribution in [1.29, 1.82) is 0 Å². The van der Waals surface area contributed by atoms with Gasteiger partial charge in [0.15, 0.2) is 0 Å². The molecule has 0 unspecified atom stereocenters. The van der Waals surface area contributed by atoms with E-state index in [0.717, 1.165) is 9.80 Å². The van der Waals surface area contributed by atoms with Crippen LogP contribution in [0, 0.1) is 0 Å². The van der Waals surface area contributed by atoms with Gasteiger partial charge < -0.3 is 30.6 Å². The van der Waals surface area contributed by atoms with Gasteiger partial charge in [-0.05, 0) is 0 Å². The van der Waals surface area contributed by atoms with Gasteiger partial charge in [0.1, 0.15) is 0 Å². The fourth-order valence-corrected chi connectivity index (χ4v) is 1.48. The molecule has 181 valence electrons. The Morgan fingerprint density at radius 3 is 0.552 bits per heavy atom. The molecule has 0 atom stereocenters.